The monoisotopic (exact) mass is 227 g/mol. The summed E-state index contributed by atoms with van der Waals surface area (Å²) in [7, 11) is 0. The molecule has 1 aliphatic heterocycles. The number of amides is 1. The van der Waals surface area contributed by atoms with Crippen LogP contribution in [0.2, 0.25) is 0 Å². The van der Waals surface area contributed by atoms with Crippen molar-refractivity contribution in [3.8, 4) is 0 Å². The molecule has 0 aromatic carbocycles. The Morgan fingerprint density at radius 1 is 1.31 bits per heavy atom. The summed E-state index contributed by atoms with van der Waals surface area (Å²) in [6, 6.07) is 0. The standard InChI is InChI=1S/C12H21NO3/c1-8(2)9(3)10(14)13-7-5-6-12(13,4)11(15)16/h8-9H,5-7H2,1-4H3,(H,15,16). The van der Waals surface area contributed by atoms with E-state index in [0.29, 0.717) is 13.0 Å². The summed E-state index contributed by atoms with van der Waals surface area (Å²) in [5.74, 6) is -0.797. The van der Waals surface area contributed by atoms with Gasteiger partial charge in [0.05, 0.1) is 0 Å². The summed E-state index contributed by atoms with van der Waals surface area (Å²) in [4.78, 5) is 24.9. The highest BCUT2D eigenvalue weighted by molar-refractivity contribution is 5.88. The van der Waals surface area contributed by atoms with Crippen molar-refractivity contribution in [1.29, 1.82) is 0 Å². The van der Waals surface area contributed by atoms with E-state index in [9.17, 15) is 14.7 Å². The van der Waals surface area contributed by atoms with Crippen LogP contribution in [0.25, 0.3) is 0 Å². The first-order valence-electron chi connectivity index (χ1n) is 5.85. The number of aliphatic carboxylic acids is 1. The number of hydrogen-bond donors (Lipinski definition) is 1. The average Bonchev–Trinajstić information content (AvgIpc) is 2.59. The fraction of sp³-hybridized carbons (Fsp3) is 0.833. The number of carboxylic acids is 1. The zero-order chi connectivity index (χ0) is 12.5. The molecule has 1 rings (SSSR count). The zero-order valence-corrected chi connectivity index (χ0v) is 10.5. The molecule has 1 fully saturated rings. The van der Waals surface area contributed by atoms with Gasteiger partial charge in [-0.25, -0.2) is 4.79 Å². The molecule has 4 heteroatoms. The number of carbonyl (C=O) groups excluding carboxylic acids is 1. The molecule has 1 heterocycles. The molecule has 0 saturated carbocycles. The Hall–Kier alpha value is -1.06. The lowest BCUT2D eigenvalue weighted by Crippen LogP contribution is -2.52. The van der Waals surface area contributed by atoms with Gasteiger partial charge in [-0.2, -0.15) is 0 Å². The number of rotatable bonds is 3. The van der Waals surface area contributed by atoms with Crippen LogP contribution in [0, 0.1) is 11.8 Å². The third kappa shape index (κ3) is 2.06. The normalized spacial score (nSPS) is 27.2. The van der Waals surface area contributed by atoms with E-state index in [1.165, 1.54) is 0 Å². The predicted octanol–water partition coefficient (Wildman–Crippen LogP) is 1.74. The first-order valence-corrected chi connectivity index (χ1v) is 5.85. The van der Waals surface area contributed by atoms with Crippen molar-refractivity contribution in [2.45, 2.75) is 46.1 Å². The molecule has 0 aromatic rings. The number of nitrogens with zero attached hydrogens (tertiary/aromatic N) is 1. The van der Waals surface area contributed by atoms with Crippen LogP contribution in [-0.2, 0) is 9.59 Å². The minimum atomic E-state index is -1.000. The molecule has 0 aromatic heterocycles. The molecule has 1 N–H and O–H groups in total. The Kier molecular flexibility index (Phi) is 3.61. The fourth-order valence-electron chi connectivity index (χ4n) is 2.07. The molecular weight excluding hydrogens is 206 g/mol. The summed E-state index contributed by atoms with van der Waals surface area (Å²) in [5.41, 5.74) is -1.000. The summed E-state index contributed by atoms with van der Waals surface area (Å²) in [5, 5.41) is 9.22. The molecule has 2 atom stereocenters. The van der Waals surface area contributed by atoms with Gasteiger partial charge >= 0.3 is 5.97 Å². The molecule has 0 bridgehead atoms. The van der Waals surface area contributed by atoms with Crippen LogP contribution in [0.3, 0.4) is 0 Å². The van der Waals surface area contributed by atoms with Crippen molar-refractivity contribution in [3.63, 3.8) is 0 Å². The number of carbonyl (C=O) groups is 2. The van der Waals surface area contributed by atoms with Crippen LogP contribution < -0.4 is 0 Å². The largest absolute Gasteiger partial charge is 0.480 e. The highest BCUT2D eigenvalue weighted by Crippen LogP contribution is 2.31. The van der Waals surface area contributed by atoms with E-state index in [1.54, 1.807) is 11.8 Å². The van der Waals surface area contributed by atoms with Gasteiger partial charge in [-0.15, -0.1) is 0 Å². The lowest BCUT2D eigenvalue weighted by Gasteiger charge is -2.34. The molecule has 1 aliphatic rings. The van der Waals surface area contributed by atoms with Crippen LogP contribution in [0.4, 0.5) is 0 Å². The Bertz CT molecular complexity index is 301. The van der Waals surface area contributed by atoms with E-state index in [-0.39, 0.29) is 17.7 Å². The van der Waals surface area contributed by atoms with Crippen molar-refractivity contribution in [2.24, 2.45) is 11.8 Å². The van der Waals surface area contributed by atoms with Crippen molar-refractivity contribution < 1.29 is 14.7 Å². The maximum absolute atomic E-state index is 12.2. The topological polar surface area (TPSA) is 57.6 Å². The molecule has 0 spiro atoms. The van der Waals surface area contributed by atoms with Crippen molar-refractivity contribution >= 4 is 11.9 Å². The number of carboxylic acid groups (broad SMARTS) is 1. The van der Waals surface area contributed by atoms with E-state index in [0.717, 1.165) is 6.42 Å². The van der Waals surface area contributed by atoms with Gasteiger partial charge in [0.15, 0.2) is 0 Å². The highest BCUT2D eigenvalue weighted by Gasteiger charge is 2.46. The van der Waals surface area contributed by atoms with E-state index in [1.807, 2.05) is 20.8 Å². The summed E-state index contributed by atoms with van der Waals surface area (Å²) < 4.78 is 0. The van der Waals surface area contributed by atoms with Gasteiger partial charge in [0, 0.05) is 12.5 Å². The Morgan fingerprint density at radius 3 is 2.31 bits per heavy atom. The highest BCUT2D eigenvalue weighted by atomic mass is 16.4. The quantitative estimate of drug-likeness (QED) is 0.799. The second-order valence-corrected chi connectivity index (χ2v) is 5.21. The number of likely N-dealkylation sites (tertiary alicyclic amines) is 1. The van der Waals surface area contributed by atoms with Crippen LogP contribution in [0.15, 0.2) is 0 Å². The second kappa shape index (κ2) is 4.44. The van der Waals surface area contributed by atoms with Crippen LogP contribution in [-0.4, -0.2) is 34.0 Å². The first kappa shape index (κ1) is 13.0. The summed E-state index contributed by atoms with van der Waals surface area (Å²) in [6.07, 6.45) is 1.33. The van der Waals surface area contributed by atoms with Gasteiger partial charge in [-0.1, -0.05) is 20.8 Å². The Labute approximate surface area is 96.6 Å². The van der Waals surface area contributed by atoms with Crippen molar-refractivity contribution in [3.05, 3.63) is 0 Å². The summed E-state index contributed by atoms with van der Waals surface area (Å²) >= 11 is 0. The Morgan fingerprint density at radius 2 is 1.88 bits per heavy atom. The van der Waals surface area contributed by atoms with Crippen molar-refractivity contribution in [1.82, 2.24) is 4.90 Å². The maximum atomic E-state index is 12.2. The van der Waals surface area contributed by atoms with Crippen LogP contribution >= 0.6 is 0 Å². The molecular formula is C12H21NO3. The molecule has 92 valence electrons. The summed E-state index contributed by atoms with van der Waals surface area (Å²) in [6.45, 7) is 8.05. The second-order valence-electron chi connectivity index (χ2n) is 5.21. The van der Waals surface area contributed by atoms with E-state index in [2.05, 4.69) is 0 Å². The smallest absolute Gasteiger partial charge is 0.329 e. The van der Waals surface area contributed by atoms with Gasteiger partial charge < -0.3 is 10.0 Å². The average molecular weight is 227 g/mol. The first-order chi connectivity index (χ1) is 7.30. The van der Waals surface area contributed by atoms with Crippen molar-refractivity contribution in [2.75, 3.05) is 6.54 Å². The van der Waals surface area contributed by atoms with Gasteiger partial charge in [0.1, 0.15) is 5.54 Å². The molecule has 4 nitrogen and oxygen atoms in total. The minimum absolute atomic E-state index is 0.0302. The van der Waals surface area contributed by atoms with E-state index >= 15 is 0 Å². The van der Waals surface area contributed by atoms with Crippen LogP contribution in [0.5, 0.6) is 0 Å². The molecule has 2 unspecified atom stereocenters. The van der Waals surface area contributed by atoms with Gasteiger partial charge in [0.25, 0.3) is 0 Å². The van der Waals surface area contributed by atoms with Gasteiger partial charge in [-0.3, -0.25) is 4.79 Å². The minimum Gasteiger partial charge on any atom is -0.480 e. The lowest BCUT2D eigenvalue weighted by molar-refractivity contribution is -0.157. The fourth-order valence-corrected chi connectivity index (χ4v) is 2.07. The molecule has 0 radical (unpaired) electrons. The predicted molar refractivity (Wildman–Crippen MR) is 61.0 cm³/mol. The SMILES string of the molecule is CC(C)C(C)C(=O)N1CCCC1(C)C(=O)O. The van der Waals surface area contributed by atoms with E-state index in [4.69, 9.17) is 0 Å². The molecule has 1 amide bonds. The third-order valence-electron chi connectivity index (χ3n) is 3.76. The third-order valence-corrected chi connectivity index (χ3v) is 3.76. The number of hydrogen-bond acceptors (Lipinski definition) is 2. The molecule has 16 heavy (non-hydrogen) atoms. The Balaban J connectivity index is 2.88. The zero-order valence-electron chi connectivity index (χ0n) is 10.5. The maximum Gasteiger partial charge on any atom is 0.329 e. The molecule has 0 aliphatic carbocycles. The van der Waals surface area contributed by atoms with Crippen LogP contribution in [0.1, 0.15) is 40.5 Å². The van der Waals surface area contributed by atoms with Gasteiger partial charge in [-0.05, 0) is 25.7 Å². The lowest BCUT2D eigenvalue weighted by atomic mass is 9.93. The van der Waals surface area contributed by atoms with E-state index < -0.39 is 11.5 Å². The molecule has 1 saturated heterocycles. The van der Waals surface area contributed by atoms with Gasteiger partial charge in [0.2, 0.25) is 5.91 Å².